The van der Waals surface area contributed by atoms with Crippen molar-refractivity contribution in [3.05, 3.63) is 47.3 Å². The molecule has 0 bridgehead atoms. The van der Waals surface area contributed by atoms with E-state index >= 15 is 0 Å². The number of nitrogens with zero attached hydrogens (tertiary/aromatic N) is 2. The fourth-order valence-corrected chi connectivity index (χ4v) is 2.79. The molecule has 4 heteroatoms. The zero-order chi connectivity index (χ0) is 15.9. The van der Waals surface area contributed by atoms with Gasteiger partial charge in [-0.05, 0) is 37.0 Å². The number of hydrogen-bond acceptors (Lipinski definition) is 3. The molecule has 0 aliphatic rings. The second-order valence-corrected chi connectivity index (χ2v) is 5.39. The van der Waals surface area contributed by atoms with Gasteiger partial charge in [0.15, 0.2) is 0 Å². The third-order valence-electron chi connectivity index (χ3n) is 3.84. The number of aryl methyl sites for hydroxylation is 1. The van der Waals surface area contributed by atoms with Crippen LogP contribution in [0.3, 0.4) is 0 Å². The zero-order valence-electron chi connectivity index (χ0n) is 13.7. The van der Waals surface area contributed by atoms with Gasteiger partial charge in [-0.2, -0.15) is 5.10 Å². The molecule has 1 N–H and O–H groups in total. The number of hydrogen-bond donors (Lipinski definition) is 1. The molecule has 0 spiro atoms. The Hall–Kier alpha value is -1.81. The van der Waals surface area contributed by atoms with Crippen LogP contribution in [0.15, 0.2) is 30.3 Å². The summed E-state index contributed by atoms with van der Waals surface area (Å²) in [5, 5.41) is 14.9. The number of ether oxygens (including phenoxy) is 1. The molecule has 0 saturated carbocycles. The van der Waals surface area contributed by atoms with Crippen molar-refractivity contribution in [3.63, 3.8) is 0 Å². The van der Waals surface area contributed by atoms with Crippen LogP contribution in [0.25, 0.3) is 0 Å². The highest BCUT2D eigenvalue weighted by atomic mass is 16.5. The highest BCUT2D eigenvalue weighted by molar-refractivity contribution is 5.27. The van der Waals surface area contributed by atoms with Gasteiger partial charge in [-0.15, -0.1) is 0 Å². The number of rotatable bonds is 8. The molecule has 1 heterocycles. The molecular weight excluding hydrogens is 276 g/mol. The number of aromatic nitrogens is 2. The second-order valence-electron chi connectivity index (χ2n) is 5.39. The summed E-state index contributed by atoms with van der Waals surface area (Å²) in [6.45, 7) is 7.17. The van der Waals surface area contributed by atoms with Gasteiger partial charge in [-0.3, -0.25) is 4.68 Å². The summed E-state index contributed by atoms with van der Waals surface area (Å²) in [5.74, 6) is 0.779. The van der Waals surface area contributed by atoms with E-state index in [2.05, 4.69) is 25.9 Å². The smallest absolute Gasteiger partial charge is 0.119 e. The summed E-state index contributed by atoms with van der Waals surface area (Å²) in [6, 6.07) is 9.57. The van der Waals surface area contributed by atoms with Crippen molar-refractivity contribution >= 4 is 0 Å². The monoisotopic (exact) mass is 302 g/mol. The highest BCUT2D eigenvalue weighted by Crippen LogP contribution is 2.17. The molecule has 2 rings (SSSR count). The van der Waals surface area contributed by atoms with Gasteiger partial charge in [0.25, 0.3) is 0 Å². The maximum atomic E-state index is 10.2. The molecule has 2 aromatic rings. The van der Waals surface area contributed by atoms with Crippen LogP contribution in [-0.2, 0) is 25.8 Å². The molecule has 0 aliphatic heterocycles. The lowest BCUT2D eigenvalue weighted by molar-refractivity contribution is 0.0884. The van der Waals surface area contributed by atoms with E-state index in [0.29, 0.717) is 6.54 Å². The molecule has 1 aromatic heterocycles. The van der Waals surface area contributed by atoms with Gasteiger partial charge in [-0.1, -0.05) is 39.0 Å². The van der Waals surface area contributed by atoms with Crippen LogP contribution in [0, 0.1) is 0 Å². The van der Waals surface area contributed by atoms with E-state index in [-0.39, 0.29) is 6.61 Å². The molecule has 1 atom stereocenters. The van der Waals surface area contributed by atoms with Gasteiger partial charge in [-0.25, -0.2) is 0 Å². The van der Waals surface area contributed by atoms with Crippen LogP contribution in [-0.4, -0.2) is 27.6 Å². The van der Waals surface area contributed by atoms with E-state index in [4.69, 9.17) is 4.74 Å². The summed E-state index contributed by atoms with van der Waals surface area (Å²) in [6.07, 6.45) is 2.28. The van der Waals surface area contributed by atoms with Crippen LogP contribution in [0.2, 0.25) is 0 Å². The normalized spacial score (nSPS) is 12.4. The van der Waals surface area contributed by atoms with E-state index in [9.17, 15) is 5.11 Å². The molecule has 0 fully saturated rings. The molecular formula is C18H26N2O2. The first kappa shape index (κ1) is 16.6. The molecule has 0 amide bonds. The first-order chi connectivity index (χ1) is 10.7. The molecule has 1 unspecified atom stereocenters. The maximum Gasteiger partial charge on any atom is 0.119 e. The van der Waals surface area contributed by atoms with Crippen molar-refractivity contribution < 1.29 is 9.84 Å². The summed E-state index contributed by atoms with van der Waals surface area (Å²) >= 11 is 0. The minimum Gasteiger partial charge on any atom is -0.491 e. The Balaban J connectivity index is 2.02. The minimum atomic E-state index is -0.570. The quantitative estimate of drug-likeness (QED) is 0.815. The Bertz CT molecular complexity index is 578. The fourth-order valence-electron chi connectivity index (χ4n) is 2.79. The van der Waals surface area contributed by atoms with Gasteiger partial charge in [0.1, 0.15) is 18.5 Å². The van der Waals surface area contributed by atoms with Gasteiger partial charge < -0.3 is 9.84 Å². The molecule has 0 saturated heterocycles. The van der Waals surface area contributed by atoms with Crippen LogP contribution >= 0.6 is 0 Å². The molecule has 120 valence electrons. The van der Waals surface area contributed by atoms with E-state index in [1.165, 1.54) is 11.3 Å². The van der Waals surface area contributed by atoms with Crippen LogP contribution in [0.4, 0.5) is 0 Å². The predicted molar refractivity (Wildman–Crippen MR) is 88.3 cm³/mol. The Kier molecular flexibility index (Phi) is 6.01. The van der Waals surface area contributed by atoms with Crippen molar-refractivity contribution in [2.24, 2.45) is 0 Å². The summed E-state index contributed by atoms with van der Waals surface area (Å²) in [7, 11) is 0. The third kappa shape index (κ3) is 3.89. The minimum absolute atomic E-state index is 0.274. The first-order valence-corrected chi connectivity index (χ1v) is 8.12. The summed E-state index contributed by atoms with van der Waals surface area (Å²) < 4.78 is 7.57. The standard InChI is InChI=1S/C18H26N2O2/c1-4-16-17(5-2)19-20(18(16)6-3)12-14(21)13-22-15-10-8-7-9-11-15/h7-11,14,21H,4-6,12-13H2,1-3H3. The van der Waals surface area contributed by atoms with Gasteiger partial charge in [0.05, 0.1) is 12.2 Å². The molecule has 0 radical (unpaired) electrons. The SMILES string of the molecule is CCc1nn(CC(O)COc2ccccc2)c(CC)c1CC. The van der Waals surface area contributed by atoms with Gasteiger partial charge >= 0.3 is 0 Å². The maximum absolute atomic E-state index is 10.2. The molecule has 1 aromatic carbocycles. The number of aliphatic hydroxyl groups excluding tert-OH is 1. The second kappa shape index (κ2) is 7.99. The predicted octanol–water partition coefficient (Wildman–Crippen LogP) is 3.01. The molecule has 22 heavy (non-hydrogen) atoms. The van der Waals surface area contributed by atoms with E-state index < -0.39 is 6.10 Å². The topological polar surface area (TPSA) is 47.3 Å². The van der Waals surface area contributed by atoms with E-state index in [1.54, 1.807) is 0 Å². The van der Waals surface area contributed by atoms with Gasteiger partial charge in [0.2, 0.25) is 0 Å². The van der Waals surface area contributed by atoms with Crippen molar-refractivity contribution in [1.82, 2.24) is 9.78 Å². The van der Waals surface area contributed by atoms with Crippen LogP contribution in [0.5, 0.6) is 5.75 Å². The summed E-state index contributed by atoms with van der Waals surface area (Å²) in [5.41, 5.74) is 3.72. The zero-order valence-corrected chi connectivity index (χ0v) is 13.7. The van der Waals surface area contributed by atoms with Crippen molar-refractivity contribution in [2.75, 3.05) is 6.61 Å². The lowest BCUT2D eigenvalue weighted by Gasteiger charge is -2.14. The van der Waals surface area contributed by atoms with Crippen molar-refractivity contribution in [2.45, 2.75) is 52.7 Å². The highest BCUT2D eigenvalue weighted by Gasteiger charge is 2.16. The van der Waals surface area contributed by atoms with E-state index in [0.717, 1.165) is 30.7 Å². The Labute approximate surface area is 132 Å². The van der Waals surface area contributed by atoms with Crippen molar-refractivity contribution in [3.8, 4) is 5.75 Å². The lowest BCUT2D eigenvalue weighted by atomic mass is 10.1. The van der Waals surface area contributed by atoms with Crippen molar-refractivity contribution in [1.29, 1.82) is 0 Å². The third-order valence-corrected chi connectivity index (χ3v) is 3.84. The average Bonchev–Trinajstić information content (AvgIpc) is 2.90. The average molecular weight is 302 g/mol. The Morgan fingerprint density at radius 2 is 1.82 bits per heavy atom. The lowest BCUT2D eigenvalue weighted by Crippen LogP contribution is -2.25. The Morgan fingerprint density at radius 3 is 2.41 bits per heavy atom. The number of para-hydroxylation sites is 1. The molecule has 0 aliphatic carbocycles. The number of benzene rings is 1. The first-order valence-electron chi connectivity index (χ1n) is 8.12. The number of aliphatic hydroxyl groups is 1. The van der Waals surface area contributed by atoms with Crippen LogP contribution in [0.1, 0.15) is 37.7 Å². The van der Waals surface area contributed by atoms with Crippen LogP contribution < -0.4 is 4.74 Å². The molecule has 4 nitrogen and oxygen atoms in total. The van der Waals surface area contributed by atoms with Gasteiger partial charge in [0, 0.05) is 5.69 Å². The largest absolute Gasteiger partial charge is 0.491 e. The van der Waals surface area contributed by atoms with E-state index in [1.807, 2.05) is 35.0 Å². The Morgan fingerprint density at radius 1 is 1.09 bits per heavy atom. The fraction of sp³-hybridized carbons (Fsp3) is 0.500. The summed E-state index contributed by atoms with van der Waals surface area (Å²) in [4.78, 5) is 0.